The molecule has 1 saturated heterocycles. The molecule has 0 radical (unpaired) electrons. The quantitative estimate of drug-likeness (QED) is 0.195. The number of ether oxygens (including phenoxy) is 3. The van der Waals surface area contributed by atoms with Gasteiger partial charge in [-0.25, -0.2) is 0 Å². The van der Waals surface area contributed by atoms with Gasteiger partial charge in [0.05, 0.1) is 37.3 Å². The number of nitrogens with two attached hydrogens (primary N) is 1. The molecule has 0 spiro atoms. The number of unbranched alkanes of at least 4 members (excludes halogenated alkanes) is 2. The minimum atomic E-state index is -0.365. The Morgan fingerprint density at radius 1 is 0.857 bits per heavy atom. The van der Waals surface area contributed by atoms with Gasteiger partial charge in [0.15, 0.2) is 0 Å². The molecular weight excluding hydrogens is 622 g/mol. The van der Waals surface area contributed by atoms with Crippen LogP contribution >= 0.6 is 0 Å². The third-order valence-corrected chi connectivity index (χ3v) is 8.58. The van der Waals surface area contributed by atoms with Crippen LogP contribution in [0.25, 0.3) is 0 Å². The standard InChI is InChI=1S/C38H51N5O6/c1-28-15-18-32(35(26-28)49-24-9-5-6-14-36(44)43-21-11-20-41(2)22-23-43)42(3)38(46)29-16-17-31(34(27-29)47-4)40-37(45)30-12-7-8-13-33(30)48-25-10-19-39/h7-8,12-13,15-18,26-27H,5-6,9-11,14,19-25,39H2,1-4H3,(H,40,45). The summed E-state index contributed by atoms with van der Waals surface area (Å²) < 4.78 is 17.5. The molecule has 0 aromatic heterocycles. The predicted octanol–water partition coefficient (Wildman–Crippen LogP) is 5.36. The summed E-state index contributed by atoms with van der Waals surface area (Å²) in [6.45, 7) is 6.95. The number of nitrogens with one attached hydrogen (secondary N) is 1. The number of para-hydroxylation sites is 1. The fourth-order valence-electron chi connectivity index (χ4n) is 5.67. The number of likely N-dealkylation sites (N-methyl/N-ethyl adjacent to an activating group) is 1. The lowest BCUT2D eigenvalue weighted by Crippen LogP contribution is -2.34. The summed E-state index contributed by atoms with van der Waals surface area (Å²) in [6, 6.07) is 17.6. The summed E-state index contributed by atoms with van der Waals surface area (Å²) in [6.07, 6.45) is 4.75. The highest BCUT2D eigenvalue weighted by Gasteiger charge is 2.21. The number of methoxy groups -OCH3 is 1. The van der Waals surface area contributed by atoms with Crippen LogP contribution in [0.5, 0.6) is 17.2 Å². The molecule has 1 aliphatic rings. The summed E-state index contributed by atoms with van der Waals surface area (Å²) in [5.74, 6) is 1.03. The SMILES string of the molecule is COc1cc(C(=O)N(C)c2ccc(C)cc2OCCCCCC(=O)N2CCCN(C)CC2)ccc1NC(=O)c1ccccc1OCCCN. The molecule has 3 aromatic carbocycles. The van der Waals surface area contributed by atoms with Gasteiger partial charge in [-0.1, -0.05) is 18.2 Å². The fourth-order valence-corrected chi connectivity index (χ4v) is 5.67. The van der Waals surface area contributed by atoms with Crippen molar-refractivity contribution in [3.05, 3.63) is 77.4 Å². The maximum atomic E-state index is 13.7. The molecule has 4 rings (SSSR count). The van der Waals surface area contributed by atoms with Crippen molar-refractivity contribution in [2.75, 3.05) is 77.4 Å². The molecule has 0 atom stereocenters. The highest BCUT2D eigenvalue weighted by Crippen LogP contribution is 2.32. The molecule has 1 heterocycles. The van der Waals surface area contributed by atoms with Crippen molar-refractivity contribution in [2.45, 2.75) is 45.4 Å². The van der Waals surface area contributed by atoms with E-state index in [1.807, 2.05) is 30.0 Å². The van der Waals surface area contributed by atoms with Gasteiger partial charge in [0.2, 0.25) is 5.91 Å². The number of aryl methyl sites for hydroxylation is 1. The van der Waals surface area contributed by atoms with E-state index < -0.39 is 0 Å². The van der Waals surface area contributed by atoms with Crippen molar-refractivity contribution in [3.8, 4) is 17.2 Å². The van der Waals surface area contributed by atoms with Crippen molar-refractivity contribution in [1.29, 1.82) is 0 Å². The summed E-state index contributed by atoms with van der Waals surface area (Å²) in [4.78, 5) is 45.4. The number of benzene rings is 3. The third-order valence-electron chi connectivity index (χ3n) is 8.58. The Bertz CT molecular complexity index is 1560. The van der Waals surface area contributed by atoms with Crippen LogP contribution in [-0.4, -0.2) is 94.7 Å². The van der Waals surface area contributed by atoms with Gasteiger partial charge in [-0.2, -0.15) is 0 Å². The lowest BCUT2D eigenvalue weighted by Gasteiger charge is -2.22. The van der Waals surface area contributed by atoms with Crippen LogP contribution in [0.4, 0.5) is 11.4 Å². The summed E-state index contributed by atoms with van der Waals surface area (Å²) in [5.41, 5.74) is 8.41. The second-order valence-electron chi connectivity index (χ2n) is 12.4. The Balaban J connectivity index is 1.34. The summed E-state index contributed by atoms with van der Waals surface area (Å²) in [5, 5.41) is 2.88. The van der Waals surface area contributed by atoms with Crippen molar-refractivity contribution in [2.24, 2.45) is 5.73 Å². The largest absolute Gasteiger partial charge is 0.495 e. The molecule has 1 fully saturated rings. The van der Waals surface area contributed by atoms with Gasteiger partial charge in [-0.3, -0.25) is 14.4 Å². The summed E-state index contributed by atoms with van der Waals surface area (Å²) in [7, 11) is 5.29. The first-order valence-corrected chi connectivity index (χ1v) is 17.1. The van der Waals surface area contributed by atoms with E-state index in [1.165, 1.54) is 7.11 Å². The van der Waals surface area contributed by atoms with Gasteiger partial charge in [0.1, 0.15) is 17.2 Å². The van der Waals surface area contributed by atoms with Gasteiger partial charge in [0, 0.05) is 38.7 Å². The van der Waals surface area contributed by atoms with Crippen LogP contribution in [0.2, 0.25) is 0 Å². The van der Waals surface area contributed by atoms with Crippen LogP contribution in [0.1, 0.15) is 64.8 Å². The van der Waals surface area contributed by atoms with E-state index in [1.54, 1.807) is 54.4 Å². The number of carbonyl (C=O) groups is 3. The van der Waals surface area contributed by atoms with E-state index in [9.17, 15) is 14.4 Å². The lowest BCUT2D eigenvalue weighted by molar-refractivity contribution is -0.131. The molecule has 3 amide bonds. The molecule has 3 aromatic rings. The highest BCUT2D eigenvalue weighted by molar-refractivity contribution is 6.09. The van der Waals surface area contributed by atoms with Crippen LogP contribution < -0.4 is 30.2 Å². The van der Waals surface area contributed by atoms with Crippen molar-refractivity contribution in [3.63, 3.8) is 0 Å². The first kappa shape index (κ1) is 37.2. The minimum Gasteiger partial charge on any atom is -0.495 e. The smallest absolute Gasteiger partial charge is 0.259 e. The monoisotopic (exact) mass is 673 g/mol. The number of rotatable bonds is 16. The molecule has 11 nitrogen and oxygen atoms in total. The maximum Gasteiger partial charge on any atom is 0.259 e. The van der Waals surface area contributed by atoms with Crippen molar-refractivity contribution >= 4 is 29.1 Å². The van der Waals surface area contributed by atoms with E-state index in [4.69, 9.17) is 19.9 Å². The molecule has 0 bridgehead atoms. The van der Waals surface area contributed by atoms with Crippen LogP contribution in [0, 0.1) is 6.92 Å². The molecule has 0 unspecified atom stereocenters. The minimum absolute atomic E-state index is 0.235. The lowest BCUT2D eigenvalue weighted by atomic mass is 10.1. The van der Waals surface area contributed by atoms with E-state index in [-0.39, 0.29) is 17.7 Å². The molecule has 264 valence electrons. The van der Waals surface area contributed by atoms with Gasteiger partial charge >= 0.3 is 0 Å². The highest BCUT2D eigenvalue weighted by atomic mass is 16.5. The topological polar surface area (TPSA) is 127 Å². The molecule has 3 N–H and O–H groups in total. The second kappa shape index (κ2) is 18.8. The maximum absolute atomic E-state index is 13.7. The van der Waals surface area contributed by atoms with Gasteiger partial charge in [-0.05, 0) is 107 Å². The van der Waals surface area contributed by atoms with Gasteiger partial charge < -0.3 is 40.0 Å². The molecule has 0 aliphatic carbocycles. The van der Waals surface area contributed by atoms with E-state index >= 15 is 0 Å². The zero-order valence-corrected chi connectivity index (χ0v) is 29.3. The van der Waals surface area contributed by atoms with Crippen molar-refractivity contribution in [1.82, 2.24) is 9.80 Å². The molecule has 49 heavy (non-hydrogen) atoms. The predicted molar refractivity (Wildman–Crippen MR) is 193 cm³/mol. The molecule has 0 saturated carbocycles. The van der Waals surface area contributed by atoms with Crippen molar-refractivity contribution < 1.29 is 28.6 Å². The fraction of sp³-hybridized carbons (Fsp3) is 0.447. The number of anilines is 2. The van der Waals surface area contributed by atoms with Crippen LogP contribution in [0.3, 0.4) is 0 Å². The first-order valence-electron chi connectivity index (χ1n) is 17.1. The zero-order valence-electron chi connectivity index (χ0n) is 29.3. The van der Waals surface area contributed by atoms with Gasteiger partial charge in [-0.15, -0.1) is 0 Å². The normalized spacial score (nSPS) is 13.4. The molecule has 1 aliphatic heterocycles. The van der Waals surface area contributed by atoms with E-state index in [0.29, 0.717) is 72.4 Å². The number of carbonyl (C=O) groups excluding carboxylic acids is 3. The Morgan fingerprint density at radius 2 is 1.63 bits per heavy atom. The van der Waals surface area contributed by atoms with Gasteiger partial charge in [0.25, 0.3) is 11.8 Å². The number of amides is 3. The average Bonchev–Trinajstić information content (AvgIpc) is 3.33. The summed E-state index contributed by atoms with van der Waals surface area (Å²) >= 11 is 0. The Kier molecular flexibility index (Phi) is 14.3. The van der Waals surface area contributed by atoms with Crippen LogP contribution in [0.15, 0.2) is 60.7 Å². The number of hydrogen-bond donors (Lipinski definition) is 2. The number of nitrogens with zero attached hydrogens (tertiary/aromatic N) is 3. The average molecular weight is 674 g/mol. The van der Waals surface area contributed by atoms with E-state index in [0.717, 1.165) is 57.4 Å². The zero-order chi connectivity index (χ0) is 35.2. The second-order valence-corrected chi connectivity index (χ2v) is 12.4. The third kappa shape index (κ3) is 10.7. The van der Waals surface area contributed by atoms with E-state index in [2.05, 4.69) is 17.3 Å². The molecule has 11 heteroatoms. The Morgan fingerprint density at radius 3 is 2.43 bits per heavy atom. The van der Waals surface area contributed by atoms with Crippen LogP contribution in [-0.2, 0) is 4.79 Å². The Hall–Kier alpha value is -4.61. The molecular formula is C38H51N5O6. The first-order chi connectivity index (χ1) is 23.7. The Labute approximate surface area is 290 Å². The number of hydrogen-bond acceptors (Lipinski definition) is 8.